The molecule has 154 valence electrons. The summed E-state index contributed by atoms with van der Waals surface area (Å²) in [5, 5.41) is 11.8. The molecule has 2 aromatic heterocycles. The highest BCUT2D eigenvalue weighted by molar-refractivity contribution is 5.94. The highest BCUT2D eigenvalue weighted by Crippen LogP contribution is 2.18. The van der Waals surface area contributed by atoms with Crippen molar-refractivity contribution >= 4 is 23.4 Å². The van der Waals surface area contributed by atoms with Crippen molar-refractivity contribution in [2.45, 2.75) is 20.8 Å². The zero-order chi connectivity index (χ0) is 21.1. The molecule has 30 heavy (non-hydrogen) atoms. The Bertz CT molecular complexity index is 1020. The number of amides is 1. The van der Waals surface area contributed by atoms with Crippen LogP contribution in [0.5, 0.6) is 0 Å². The van der Waals surface area contributed by atoms with Crippen LogP contribution in [0.1, 0.15) is 27.0 Å². The van der Waals surface area contributed by atoms with E-state index in [1.54, 1.807) is 6.20 Å². The van der Waals surface area contributed by atoms with Crippen LogP contribution in [0, 0.1) is 20.8 Å². The van der Waals surface area contributed by atoms with Gasteiger partial charge in [-0.05, 0) is 62.7 Å². The third kappa shape index (κ3) is 4.56. The maximum Gasteiger partial charge on any atom is 0.253 e. The van der Waals surface area contributed by atoms with E-state index in [0.717, 1.165) is 47.0 Å². The lowest BCUT2D eigenvalue weighted by Gasteiger charge is -2.35. The topological polar surface area (TPSA) is 74.2 Å². The average molecular weight is 403 g/mol. The molecule has 3 aromatic rings. The summed E-state index contributed by atoms with van der Waals surface area (Å²) in [6.07, 6.45) is 1.76. The second-order valence-electron chi connectivity index (χ2n) is 7.78. The smallest absolute Gasteiger partial charge is 0.253 e. The SMILES string of the molecule is Cc1cc(C)cc(C(=O)N2CCN(c3ccc(Nc4cc(C)ccn4)nn3)CC2)c1. The molecule has 1 aliphatic heterocycles. The summed E-state index contributed by atoms with van der Waals surface area (Å²) in [5.41, 5.74) is 4.12. The largest absolute Gasteiger partial charge is 0.352 e. The van der Waals surface area contributed by atoms with Crippen molar-refractivity contribution in [2.24, 2.45) is 0 Å². The molecule has 1 aliphatic rings. The Labute approximate surface area is 176 Å². The molecule has 0 aliphatic carbocycles. The van der Waals surface area contributed by atoms with Crippen molar-refractivity contribution in [3.05, 3.63) is 70.9 Å². The third-order valence-corrected chi connectivity index (χ3v) is 5.18. The van der Waals surface area contributed by atoms with Crippen LogP contribution in [-0.2, 0) is 0 Å². The summed E-state index contributed by atoms with van der Waals surface area (Å²) in [6, 6.07) is 13.8. The minimum Gasteiger partial charge on any atom is -0.352 e. The second kappa shape index (κ2) is 8.49. The van der Waals surface area contributed by atoms with Crippen LogP contribution in [0.15, 0.2) is 48.7 Å². The fourth-order valence-electron chi connectivity index (χ4n) is 3.72. The van der Waals surface area contributed by atoms with Crippen LogP contribution in [0.4, 0.5) is 17.5 Å². The van der Waals surface area contributed by atoms with Gasteiger partial charge in [-0.3, -0.25) is 4.79 Å². The van der Waals surface area contributed by atoms with E-state index in [-0.39, 0.29) is 5.91 Å². The Balaban J connectivity index is 1.36. The molecule has 1 aromatic carbocycles. The van der Waals surface area contributed by atoms with Crippen molar-refractivity contribution in [1.29, 1.82) is 0 Å². The van der Waals surface area contributed by atoms with E-state index < -0.39 is 0 Å². The summed E-state index contributed by atoms with van der Waals surface area (Å²) in [5.74, 6) is 2.31. The highest BCUT2D eigenvalue weighted by atomic mass is 16.2. The van der Waals surface area contributed by atoms with Crippen LogP contribution < -0.4 is 10.2 Å². The summed E-state index contributed by atoms with van der Waals surface area (Å²) in [4.78, 5) is 21.2. The van der Waals surface area contributed by atoms with Gasteiger partial charge in [0.25, 0.3) is 5.91 Å². The van der Waals surface area contributed by atoms with Crippen LogP contribution in [0.3, 0.4) is 0 Å². The van der Waals surface area contributed by atoms with Gasteiger partial charge < -0.3 is 15.1 Å². The Morgan fingerprint density at radius 1 is 0.833 bits per heavy atom. The molecule has 0 bridgehead atoms. The minimum absolute atomic E-state index is 0.0951. The van der Waals surface area contributed by atoms with Gasteiger partial charge >= 0.3 is 0 Å². The van der Waals surface area contributed by atoms with Crippen molar-refractivity contribution in [2.75, 3.05) is 36.4 Å². The predicted octanol–water partition coefficient (Wildman–Crippen LogP) is 3.50. The zero-order valence-corrected chi connectivity index (χ0v) is 17.6. The number of hydrogen-bond donors (Lipinski definition) is 1. The minimum atomic E-state index is 0.0951. The quantitative estimate of drug-likeness (QED) is 0.720. The lowest BCUT2D eigenvalue weighted by molar-refractivity contribution is 0.0746. The lowest BCUT2D eigenvalue weighted by Crippen LogP contribution is -2.49. The summed E-state index contributed by atoms with van der Waals surface area (Å²) in [6.45, 7) is 8.87. The van der Waals surface area contributed by atoms with E-state index in [2.05, 4.69) is 31.5 Å². The Morgan fingerprint density at radius 3 is 2.20 bits per heavy atom. The number of carbonyl (C=O) groups excluding carboxylic acids is 1. The number of aromatic nitrogens is 3. The van der Waals surface area contributed by atoms with Gasteiger partial charge in [-0.25, -0.2) is 4.98 Å². The van der Waals surface area contributed by atoms with Gasteiger partial charge in [-0.2, -0.15) is 0 Å². The first-order valence-electron chi connectivity index (χ1n) is 10.1. The standard InChI is InChI=1S/C23H26N6O/c1-16-6-7-24-21(15-16)25-20-4-5-22(27-26-20)28-8-10-29(11-9-28)23(30)19-13-17(2)12-18(3)14-19/h4-7,12-15H,8-11H2,1-3H3,(H,24,25,26). The van der Waals surface area contributed by atoms with E-state index in [0.29, 0.717) is 18.9 Å². The molecular formula is C23H26N6O. The molecule has 4 rings (SSSR count). The van der Waals surface area contributed by atoms with Gasteiger partial charge in [0, 0.05) is 37.9 Å². The molecule has 1 N–H and O–H groups in total. The normalized spacial score (nSPS) is 14.0. The van der Waals surface area contributed by atoms with Crippen LogP contribution >= 0.6 is 0 Å². The number of rotatable bonds is 4. The van der Waals surface area contributed by atoms with E-state index >= 15 is 0 Å². The second-order valence-corrected chi connectivity index (χ2v) is 7.78. The molecule has 0 spiro atoms. The Hall–Kier alpha value is -3.48. The first-order chi connectivity index (χ1) is 14.5. The number of anilines is 3. The number of nitrogens with one attached hydrogen (secondary N) is 1. The molecule has 0 radical (unpaired) electrons. The van der Waals surface area contributed by atoms with E-state index in [4.69, 9.17) is 0 Å². The summed E-state index contributed by atoms with van der Waals surface area (Å²) >= 11 is 0. The van der Waals surface area contributed by atoms with Crippen molar-refractivity contribution in [1.82, 2.24) is 20.1 Å². The number of benzene rings is 1. The van der Waals surface area contributed by atoms with Crippen molar-refractivity contribution < 1.29 is 4.79 Å². The lowest BCUT2D eigenvalue weighted by atomic mass is 10.1. The van der Waals surface area contributed by atoms with Gasteiger partial charge in [0.15, 0.2) is 11.6 Å². The number of pyridine rings is 1. The fourth-order valence-corrected chi connectivity index (χ4v) is 3.72. The fraction of sp³-hybridized carbons (Fsp3) is 0.304. The number of hydrogen-bond acceptors (Lipinski definition) is 6. The molecule has 7 heteroatoms. The number of carbonyl (C=O) groups is 1. The molecule has 7 nitrogen and oxygen atoms in total. The number of piperazine rings is 1. The van der Waals surface area contributed by atoms with Crippen molar-refractivity contribution in [3.8, 4) is 0 Å². The predicted molar refractivity (Wildman–Crippen MR) is 118 cm³/mol. The van der Waals surface area contributed by atoms with Crippen molar-refractivity contribution in [3.63, 3.8) is 0 Å². The van der Waals surface area contributed by atoms with Gasteiger partial charge in [0.2, 0.25) is 0 Å². The Morgan fingerprint density at radius 2 is 1.57 bits per heavy atom. The number of aryl methyl sites for hydroxylation is 3. The van der Waals surface area contributed by atoms with Gasteiger partial charge in [-0.15, -0.1) is 10.2 Å². The molecule has 0 unspecified atom stereocenters. The van der Waals surface area contributed by atoms with Crippen LogP contribution in [0.2, 0.25) is 0 Å². The molecule has 1 amide bonds. The van der Waals surface area contributed by atoms with Crippen LogP contribution in [0.25, 0.3) is 0 Å². The molecular weight excluding hydrogens is 376 g/mol. The number of nitrogens with zero attached hydrogens (tertiary/aromatic N) is 5. The summed E-state index contributed by atoms with van der Waals surface area (Å²) < 4.78 is 0. The molecule has 1 fully saturated rings. The maximum atomic E-state index is 12.9. The molecule has 3 heterocycles. The monoisotopic (exact) mass is 402 g/mol. The average Bonchev–Trinajstić information content (AvgIpc) is 2.73. The molecule has 0 atom stereocenters. The van der Waals surface area contributed by atoms with E-state index in [1.807, 2.05) is 62.1 Å². The zero-order valence-electron chi connectivity index (χ0n) is 17.6. The van der Waals surface area contributed by atoms with Crippen LogP contribution in [-0.4, -0.2) is 52.2 Å². The maximum absolute atomic E-state index is 12.9. The van der Waals surface area contributed by atoms with Gasteiger partial charge in [0.1, 0.15) is 5.82 Å². The summed E-state index contributed by atoms with van der Waals surface area (Å²) in [7, 11) is 0. The van der Waals surface area contributed by atoms with Gasteiger partial charge in [0.05, 0.1) is 0 Å². The third-order valence-electron chi connectivity index (χ3n) is 5.18. The first-order valence-corrected chi connectivity index (χ1v) is 10.1. The first kappa shape index (κ1) is 19.8. The molecule has 0 saturated carbocycles. The Kier molecular flexibility index (Phi) is 5.61. The highest BCUT2D eigenvalue weighted by Gasteiger charge is 2.23. The van der Waals surface area contributed by atoms with Gasteiger partial charge in [-0.1, -0.05) is 17.2 Å². The van der Waals surface area contributed by atoms with E-state index in [1.165, 1.54) is 0 Å². The molecule has 1 saturated heterocycles. The van der Waals surface area contributed by atoms with E-state index in [9.17, 15) is 4.79 Å².